The van der Waals surface area contributed by atoms with Gasteiger partial charge in [0.05, 0.1) is 5.60 Å². The maximum atomic E-state index is 10.5. The molecule has 0 aliphatic carbocycles. The molecule has 2 nitrogen and oxygen atoms in total. The highest BCUT2D eigenvalue weighted by atomic mass is 35.5. The Bertz CT molecular complexity index is 326. The maximum absolute atomic E-state index is 10.5. The van der Waals surface area contributed by atoms with Gasteiger partial charge in [-0.05, 0) is 37.6 Å². The lowest BCUT2D eigenvalue weighted by atomic mass is 9.97. The lowest BCUT2D eigenvalue weighted by Gasteiger charge is -2.18. The number of carbonyl (C=O) groups excluding carboxylic acids is 1. The zero-order chi connectivity index (χ0) is 10.1. The third-order valence-electron chi connectivity index (χ3n) is 1.76. The minimum absolute atomic E-state index is 0.460. The smallest absolute Gasteiger partial charge is 0.150 e. The summed E-state index contributed by atoms with van der Waals surface area (Å²) in [5.74, 6) is 0. The van der Waals surface area contributed by atoms with E-state index in [0.29, 0.717) is 22.4 Å². The van der Waals surface area contributed by atoms with Gasteiger partial charge < -0.3 is 5.11 Å². The average Bonchev–Trinajstić information content (AvgIpc) is 2.01. The molecule has 0 bridgehead atoms. The molecular weight excluding hydrogens is 188 g/mol. The highest BCUT2D eigenvalue weighted by Crippen LogP contribution is 2.23. The molecule has 0 saturated carbocycles. The number of aldehydes is 1. The monoisotopic (exact) mass is 198 g/mol. The first kappa shape index (κ1) is 10.2. The van der Waals surface area contributed by atoms with E-state index in [2.05, 4.69) is 0 Å². The second kappa shape index (κ2) is 3.48. The normalized spacial score (nSPS) is 11.4. The highest BCUT2D eigenvalue weighted by Gasteiger charge is 2.16. The predicted molar refractivity (Wildman–Crippen MR) is 52.1 cm³/mol. The summed E-state index contributed by atoms with van der Waals surface area (Å²) in [6, 6.07) is 4.83. The Labute approximate surface area is 82.2 Å². The zero-order valence-corrected chi connectivity index (χ0v) is 8.30. The molecule has 0 unspecified atom stereocenters. The molecule has 0 amide bonds. The van der Waals surface area contributed by atoms with E-state index in [4.69, 9.17) is 11.6 Å². The van der Waals surface area contributed by atoms with Gasteiger partial charge in [0.25, 0.3) is 0 Å². The van der Waals surface area contributed by atoms with E-state index in [9.17, 15) is 9.90 Å². The summed E-state index contributed by atoms with van der Waals surface area (Å²) in [4.78, 5) is 10.5. The quantitative estimate of drug-likeness (QED) is 0.741. The van der Waals surface area contributed by atoms with E-state index in [1.54, 1.807) is 32.0 Å². The van der Waals surface area contributed by atoms with Gasteiger partial charge in [-0.3, -0.25) is 4.79 Å². The summed E-state index contributed by atoms with van der Waals surface area (Å²) in [5.41, 5.74) is 0.148. The standard InChI is InChI=1S/C10H11ClO2/c1-10(2,13)8-3-7(6-12)4-9(11)5-8/h3-6,13H,1-2H3. The minimum atomic E-state index is -0.970. The largest absolute Gasteiger partial charge is 0.386 e. The molecule has 0 heterocycles. The minimum Gasteiger partial charge on any atom is -0.386 e. The van der Waals surface area contributed by atoms with Crippen LogP contribution in [-0.2, 0) is 5.60 Å². The number of rotatable bonds is 2. The molecule has 0 atom stereocenters. The topological polar surface area (TPSA) is 37.3 Å². The molecule has 0 aliphatic heterocycles. The van der Waals surface area contributed by atoms with Crippen LogP contribution in [0, 0.1) is 0 Å². The molecule has 0 saturated heterocycles. The van der Waals surface area contributed by atoms with Crippen LogP contribution in [0.3, 0.4) is 0 Å². The molecule has 1 aromatic rings. The van der Waals surface area contributed by atoms with Crippen molar-refractivity contribution in [2.45, 2.75) is 19.4 Å². The van der Waals surface area contributed by atoms with E-state index in [1.165, 1.54) is 0 Å². The Morgan fingerprint density at radius 3 is 2.46 bits per heavy atom. The van der Waals surface area contributed by atoms with Crippen molar-refractivity contribution < 1.29 is 9.90 Å². The van der Waals surface area contributed by atoms with Crippen molar-refractivity contribution in [3.63, 3.8) is 0 Å². The predicted octanol–water partition coefficient (Wildman–Crippen LogP) is 2.38. The average molecular weight is 199 g/mol. The number of aliphatic hydroxyl groups is 1. The fraction of sp³-hybridized carbons (Fsp3) is 0.300. The van der Waals surface area contributed by atoms with Gasteiger partial charge >= 0.3 is 0 Å². The Kier molecular flexibility index (Phi) is 2.74. The van der Waals surface area contributed by atoms with Crippen LogP contribution < -0.4 is 0 Å². The van der Waals surface area contributed by atoms with Gasteiger partial charge in [0.1, 0.15) is 6.29 Å². The molecule has 1 aromatic carbocycles. The second-order valence-electron chi connectivity index (χ2n) is 3.45. The van der Waals surface area contributed by atoms with Gasteiger partial charge in [0.15, 0.2) is 0 Å². The first-order valence-corrected chi connectivity index (χ1v) is 4.30. The first-order valence-electron chi connectivity index (χ1n) is 3.92. The zero-order valence-electron chi connectivity index (χ0n) is 7.54. The summed E-state index contributed by atoms with van der Waals surface area (Å²) >= 11 is 5.76. The van der Waals surface area contributed by atoms with Crippen molar-refractivity contribution in [3.8, 4) is 0 Å². The summed E-state index contributed by atoms with van der Waals surface area (Å²) in [6.07, 6.45) is 0.709. The van der Waals surface area contributed by atoms with Gasteiger partial charge in [0, 0.05) is 10.6 Å². The number of carbonyl (C=O) groups is 1. The van der Waals surface area contributed by atoms with Crippen molar-refractivity contribution in [2.75, 3.05) is 0 Å². The van der Waals surface area contributed by atoms with Gasteiger partial charge in [-0.2, -0.15) is 0 Å². The van der Waals surface area contributed by atoms with Crippen molar-refractivity contribution >= 4 is 17.9 Å². The molecule has 13 heavy (non-hydrogen) atoms. The van der Waals surface area contributed by atoms with Gasteiger partial charge in [0.2, 0.25) is 0 Å². The molecule has 0 aromatic heterocycles. The second-order valence-corrected chi connectivity index (χ2v) is 3.89. The van der Waals surface area contributed by atoms with Gasteiger partial charge in [-0.1, -0.05) is 11.6 Å². The van der Waals surface area contributed by atoms with E-state index >= 15 is 0 Å². The fourth-order valence-electron chi connectivity index (χ4n) is 1.03. The first-order chi connectivity index (χ1) is 5.93. The van der Waals surface area contributed by atoms with E-state index in [-0.39, 0.29) is 0 Å². The molecule has 0 fully saturated rings. The van der Waals surface area contributed by atoms with Crippen molar-refractivity contribution in [1.29, 1.82) is 0 Å². The van der Waals surface area contributed by atoms with E-state index in [1.807, 2.05) is 0 Å². The highest BCUT2D eigenvalue weighted by molar-refractivity contribution is 6.30. The SMILES string of the molecule is CC(C)(O)c1cc(Cl)cc(C=O)c1. The third kappa shape index (κ3) is 2.54. The molecular formula is C10H11ClO2. The van der Waals surface area contributed by atoms with Crippen LogP contribution in [0.15, 0.2) is 18.2 Å². The number of hydrogen-bond acceptors (Lipinski definition) is 2. The lowest BCUT2D eigenvalue weighted by molar-refractivity contribution is 0.0785. The van der Waals surface area contributed by atoms with Gasteiger partial charge in [-0.15, -0.1) is 0 Å². The molecule has 1 rings (SSSR count). The number of benzene rings is 1. The number of halogens is 1. The van der Waals surface area contributed by atoms with Crippen LogP contribution in [0.2, 0.25) is 5.02 Å². The van der Waals surface area contributed by atoms with Crippen molar-refractivity contribution in [2.24, 2.45) is 0 Å². The Hall–Kier alpha value is -0.860. The van der Waals surface area contributed by atoms with Gasteiger partial charge in [-0.25, -0.2) is 0 Å². The molecule has 0 spiro atoms. The fourth-order valence-corrected chi connectivity index (χ4v) is 1.28. The van der Waals surface area contributed by atoms with Crippen LogP contribution in [0.1, 0.15) is 29.8 Å². The third-order valence-corrected chi connectivity index (χ3v) is 1.98. The van der Waals surface area contributed by atoms with Crippen LogP contribution in [0.5, 0.6) is 0 Å². The lowest BCUT2D eigenvalue weighted by Crippen LogP contribution is -2.15. The summed E-state index contributed by atoms with van der Waals surface area (Å²) in [5, 5.41) is 10.1. The van der Waals surface area contributed by atoms with Crippen molar-refractivity contribution in [3.05, 3.63) is 34.3 Å². The van der Waals surface area contributed by atoms with Crippen LogP contribution in [-0.4, -0.2) is 11.4 Å². The Morgan fingerprint density at radius 2 is 2.00 bits per heavy atom. The Balaban J connectivity index is 3.24. The van der Waals surface area contributed by atoms with E-state index < -0.39 is 5.60 Å². The number of hydrogen-bond donors (Lipinski definition) is 1. The van der Waals surface area contributed by atoms with Crippen molar-refractivity contribution in [1.82, 2.24) is 0 Å². The molecule has 3 heteroatoms. The van der Waals surface area contributed by atoms with Crippen LogP contribution >= 0.6 is 11.6 Å². The summed E-state index contributed by atoms with van der Waals surface area (Å²) in [6.45, 7) is 3.29. The van der Waals surface area contributed by atoms with Crippen LogP contribution in [0.25, 0.3) is 0 Å². The Morgan fingerprint density at radius 1 is 1.38 bits per heavy atom. The maximum Gasteiger partial charge on any atom is 0.150 e. The molecule has 1 N–H and O–H groups in total. The van der Waals surface area contributed by atoms with E-state index in [0.717, 1.165) is 0 Å². The van der Waals surface area contributed by atoms with Crippen LogP contribution in [0.4, 0.5) is 0 Å². The molecule has 0 radical (unpaired) electrons. The molecule has 0 aliphatic rings. The summed E-state index contributed by atoms with van der Waals surface area (Å²) in [7, 11) is 0. The molecule has 70 valence electrons. The summed E-state index contributed by atoms with van der Waals surface area (Å²) < 4.78 is 0.